The van der Waals surface area contributed by atoms with Gasteiger partial charge in [-0.05, 0) is 47.7 Å². The smallest absolute Gasteiger partial charge is 0.268 e. The molecule has 0 saturated carbocycles. The minimum Gasteiger partial charge on any atom is -0.348 e. The summed E-state index contributed by atoms with van der Waals surface area (Å²) in [5.74, 6) is -0.734. The molecule has 3 rings (SSSR count). The molecule has 0 spiro atoms. The molecule has 0 fully saturated rings. The molecule has 138 valence electrons. The number of aryl methyl sites for hydroxylation is 1. The zero-order valence-electron chi connectivity index (χ0n) is 15.0. The molecule has 0 aliphatic heterocycles. The molecular formula is C21H19FN2O2S. The fraction of sp³-hybridized carbons (Fsp3) is 0.143. The SMILES string of the molecule is Cc1cc(CNC(=O)c2ccccc2N(C)C(=O)c2cccs2)ccc1F. The average Bonchev–Trinajstić information content (AvgIpc) is 3.22. The maximum atomic E-state index is 13.4. The summed E-state index contributed by atoms with van der Waals surface area (Å²) < 4.78 is 13.4. The van der Waals surface area contributed by atoms with Crippen LogP contribution in [0.25, 0.3) is 0 Å². The predicted molar refractivity (Wildman–Crippen MR) is 106 cm³/mol. The number of para-hydroxylation sites is 1. The zero-order chi connectivity index (χ0) is 19.4. The summed E-state index contributed by atoms with van der Waals surface area (Å²) in [6, 6.07) is 15.3. The van der Waals surface area contributed by atoms with Gasteiger partial charge in [-0.2, -0.15) is 0 Å². The number of amides is 2. The van der Waals surface area contributed by atoms with Crippen molar-refractivity contribution in [2.24, 2.45) is 0 Å². The molecule has 6 heteroatoms. The number of thiophene rings is 1. The van der Waals surface area contributed by atoms with Crippen LogP contribution in [0.1, 0.15) is 31.2 Å². The molecule has 0 bridgehead atoms. The topological polar surface area (TPSA) is 49.4 Å². The summed E-state index contributed by atoms with van der Waals surface area (Å²) in [5.41, 5.74) is 2.28. The van der Waals surface area contributed by atoms with Crippen LogP contribution in [0.2, 0.25) is 0 Å². The molecule has 3 aromatic rings. The molecule has 0 saturated heterocycles. The van der Waals surface area contributed by atoms with Crippen molar-refractivity contribution in [3.05, 3.63) is 87.4 Å². The standard InChI is InChI=1S/C21H19FN2O2S/c1-14-12-15(9-10-17(14)22)13-23-20(25)16-6-3-4-7-18(16)24(2)21(26)19-8-5-11-27-19/h3-12H,13H2,1-2H3,(H,23,25). The quantitative estimate of drug-likeness (QED) is 0.711. The van der Waals surface area contributed by atoms with E-state index in [1.165, 1.54) is 22.3 Å². The highest BCUT2D eigenvalue weighted by Crippen LogP contribution is 2.22. The van der Waals surface area contributed by atoms with E-state index >= 15 is 0 Å². The number of anilines is 1. The van der Waals surface area contributed by atoms with Crippen molar-refractivity contribution in [1.82, 2.24) is 5.32 Å². The lowest BCUT2D eigenvalue weighted by Crippen LogP contribution is -2.30. The molecule has 0 aliphatic carbocycles. The van der Waals surface area contributed by atoms with Gasteiger partial charge in [0, 0.05) is 13.6 Å². The largest absolute Gasteiger partial charge is 0.348 e. The van der Waals surface area contributed by atoms with Crippen LogP contribution >= 0.6 is 11.3 Å². The Morgan fingerprint density at radius 3 is 2.59 bits per heavy atom. The second kappa shape index (κ2) is 8.14. The van der Waals surface area contributed by atoms with Gasteiger partial charge >= 0.3 is 0 Å². The van der Waals surface area contributed by atoms with Crippen LogP contribution in [-0.4, -0.2) is 18.9 Å². The number of nitrogens with zero attached hydrogens (tertiary/aromatic N) is 1. The third-order valence-electron chi connectivity index (χ3n) is 4.22. The van der Waals surface area contributed by atoms with Crippen molar-refractivity contribution in [3.8, 4) is 0 Å². The van der Waals surface area contributed by atoms with Crippen LogP contribution in [0.15, 0.2) is 60.0 Å². The molecule has 2 amide bonds. The summed E-state index contributed by atoms with van der Waals surface area (Å²) in [5, 5.41) is 4.67. The van der Waals surface area contributed by atoms with Gasteiger partial charge in [-0.3, -0.25) is 9.59 Å². The summed E-state index contributed by atoms with van der Waals surface area (Å²) >= 11 is 1.36. The van der Waals surface area contributed by atoms with Gasteiger partial charge in [-0.15, -0.1) is 11.3 Å². The maximum Gasteiger partial charge on any atom is 0.268 e. The molecule has 0 aliphatic rings. The van der Waals surface area contributed by atoms with Crippen molar-refractivity contribution >= 4 is 28.8 Å². The lowest BCUT2D eigenvalue weighted by Gasteiger charge is -2.20. The Kier molecular flexibility index (Phi) is 5.66. The molecule has 0 atom stereocenters. The number of hydrogen-bond acceptors (Lipinski definition) is 3. The van der Waals surface area contributed by atoms with Gasteiger partial charge in [-0.25, -0.2) is 4.39 Å². The number of carbonyl (C=O) groups excluding carboxylic acids is 2. The fourth-order valence-corrected chi connectivity index (χ4v) is 3.43. The van der Waals surface area contributed by atoms with E-state index in [-0.39, 0.29) is 24.2 Å². The minimum absolute atomic E-state index is 0.167. The van der Waals surface area contributed by atoms with E-state index < -0.39 is 0 Å². The van der Waals surface area contributed by atoms with Gasteiger partial charge in [0.1, 0.15) is 5.82 Å². The Bertz CT molecular complexity index is 970. The highest BCUT2D eigenvalue weighted by atomic mass is 32.1. The number of halogens is 1. The summed E-state index contributed by atoms with van der Waals surface area (Å²) in [7, 11) is 1.65. The van der Waals surface area contributed by atoms with E-state index in [1.54, 1.807) is 56.4 Å². The van der Waals surface area contributed by atoms with Crippen LogP contribution < -0.4 is 10.2 Å². The van der Waals surface area contributed by atoms with Crippen molar-refractivity contribution in [2.45, 2.75) is 13.5 Å². The van der Waals surface area contributed by atoms with E-state index in [0.717, 1.165) is 5.56 Å². The van der Waals surface area contributed by atoms with Gasteiger partial charge < -0.3 is 10.2 Å². The van der Waals surface area contributed by atoms with Gasteiger partial charge in [0.2, 0.25) is 0 Å². The number of rotatable bonds is 5. The molecule has 4 nitrogen and oxygen atoms in total. The minimum atomic E-state index is -0.293. The Balaban J connectivity index is 1.77. The van der Waals surface area contributed by atoms with Crippen molar-refractivity contribution in [2.75, 3.05) is 11.9 Å². The Morgan fingerprint density at radius 1 is 1.11 bits per heavy atom. The Hall–Kier alpha value is -2.99. The van der Waals surface area contributed by atoms with E-state index in [0.29, 0.717) is 21.7 Å². The molecule has 0 unspecified atom stereocenters. The first-order chi connectivity index (χ1) is 13.0. The van der Waals surface area contributed by atoms with Crippen molar-refractivity contribution in [1.29, 1.82) is 0 Å². The lowest BCUT2D eigenvalue weighted by atomic mass is 10.1. The number of benzene rings is 2. The first-order valence-corrected chi connectivity index (χ1v) is 9.29. The van der Waals surface area contributed by atoms with E-state index in [2.05, 4.69) is 5.32 Å². The van der Waals surface area contributed by atoms with E-state index in [1.807, 2.05) is 11.4 Å². The van der Waals surface area contributed by atoms with Gasteiger partial charge in [-0.1, -0.05) is 30.3 Å². The summed E-state index contributed by atoms with van der Waals surface area (Å²) in [4.78, 5) is 27.4. The predicted octanol–water partition coefficient (Wildman–Crippen LogP) is 4.40. The molecule has 1 N–H and O–H groups in total. The first-order valence-electron chi connectivity index (χ1n) is 8.41. The summed E-state index contributed by atoms with van der Waals surface area (Å²) in [6.07, 6.45) is 0. The second-order valence-electron chi connectivity index (χ2n) is 6.12. The van der Waals surface area contributed by atoms with Crippen molar-refractivity contribution < 1.29 is 14.0 Å². The van der Waals surface area contributed by atoms with Crippen molar-refractivity contribution in [3.63, 3.8) is 0 Å². The van der Waals surface area contributed by atoms with Crippen LogP contribution in [0.5, 0.6) is 0 Å². The Labute approximate surface area is 161 Å². The average molecular weight is 382 g/mol. The van der Waals surface area contributed by atoms with Gasteiger partial charge in [0.25, 0.3) is 11.8 Å². The number of carbonyl (C=O) groups is 2. The van der Waals surface area contributed by atoms with Gasteiger partial charge in [0.05, 0.1) is 16.1 Å². The molecule has 1 aromatic heterocycles. The highest BCUT2D eigenvalue weighted by molar-refractivity contribution is 7.12. The third-order valence-corrected chi connectivity index (χ3v) is 5.08. The molecule has 0 radical (unpaired) electrons. The van der Waals surface area contributed by atoms with E-state index in [4.69, 9.17) is 0 Å². The number of hydrogen-bond donors (Lipinski definition) is 1. The Morgan fingerprint density at radius 2 is 1.89 bits per heavy atom. The van der Waals surface area contributed by atoms with Crippen LogP contribution in [0.3, 0.4) is 0 Å². The van der Waals surface area contributed by atoms with Crippen LogP contribution in [0.4, 0.5) is 10.1 Å². The lowest BCUT2D eigenvalue weighted by molar-refractivity contribution is 0.0951. The molecular weight excluding hydrogens is 363 g/mol. The van der Waals surface area contributed by atoms with E-state index in [9.17, 15) is 14.0 Å². The molecule has 27 heavy (non-hydrogen) atoms. The first kappa shape index (κ1) is 18.8. The second-order valence-corrected chi connectivity index (χ2v) is 7.07. The highest BCUT2D eigenvalue weighted by Gasteiger charge is 2.20. The van der Waals surface area contributed by atoms with Crippen LogP contribution in [-0.2, 0) is 6.54 Å². The van der Waals surface area contributed by atoms with Gasteiger partial charge in [0.15, 0.2) is 0 Å². The third kappa shape index (κ3) is 4.23. The number of nitrogens with one attached hydrogen (secondary N) is 1. The maximum absolute atomic E-state index is 13.4. The summed E-state index contributed by atoms with van der Waals surface area (Å²) in [6.45, 7) is 1.96. The monoisotopic (exact) mass is 382 g/mol. The zero-order valence-corrected chi connectivity index (χ0v) is 15.8. The fourth-order valence-electron chi connectivity index (χ4n) is 2.73. The normalized spacial score (nSPS) is 10.5. The van der Waals surface area contributed by atoms with Crippen LogP contribution in [0, 0.1) is 12.7 Å². The molecule has 1 heterocycles. The molecule has 2 aromatic carbocycles.